The van der Waals surface area contributed by atoms with Crippen molar-refractivity contribution in [1.82, 2.24) is 9.78 Å². The largest absolute Gasteiger partial charge is 0.269 e. The first-order valence-corrected chi connectivity index (χ1v) is 5.43. The highest BCUT2D eigenvalue weighted by Crippen LogP contribution is 2.18. The Morgan fingerprint density at radius 1 is 1.06 bits per heavy atom. The van der Waals surface area contributed by atoms with Gasteiger partial charge in [0.25, 0.3) is 5.69 Å². The maximum Gasteiger partial charge on any atom is 0.269 e. The Morgan fingerprint density at radius 2 is 1.78 bits per heavy atom. The van der Waals surface area contributed by atoms with Gasteiger partial charge in [0, 0.05) is 23.7 Å². The van der Waals surface area contributed by atoms with Crippen LogP contribution in [0.2, 0.25) is 0 Å². The Kier molecular flexibility index (Phi) is 2.30. The van der Waals surface area contributed by atoms with Gasteiger partial charge < -0.3 is 0 Å². The van der Waals surface area contributed by atoms with Crippen molar-refractivity contribution in [2.45, 2.75) is 0 Å². The first-order chi connectivity index (χ1) is 8.74. The first kappa shape index (κ1) is 10.5. The molecule has 0 amide bonds. The molecular weight excluding hydrogens is 230 g/mol. The molecular formula is C13H9N3O2. The van der Waals surface area contributed by atoms with Crippen molar-refractivity contribution in [2.75, 3.05) is 0 Å². The molecule has 1 aromatic heterocycles. The first-order valence-electron chi connectivity index (χ1n) is 5.43. The van der Waals surface area contributed by atoms with Crippen molar-refractivity contribution in [3.63, 3.8) is 0 Å². The van der Waals surface area contributed by atoms with E-state index in [2.05, 4.69) is 5.10 Å². The summed E-state index contributed by atoms with van der Waals surface area (Å²) in [6.07, 6.45) is 1.90. The lowest BCUT2D eigenvalue weighted by molar-refractivity contribution is -0.384. The fourth-order valence-electron chi connectivity index (χ4n) is 1.82. The summed E-state index contributed by atoms with van der Waals surface area (Å²) in [5.74, 6) is 0. The zero-order chi connectivity index (χ0) is 12.5. The van der Waals surface area contributed by atoms with Gasteiger partial charge in [-0.1, -0.05) is 18.2 Å². The number of benzene rings is 2. The van der Waals surface area contributed by atoms with Crippen LogP contribution in [0.5, 0.6) is 0 Å². The summed E-state index contributed by atoms with van der Waals surface area (Å²) >= 11 is 0. The van der Waals surface area contributed by atoms with Crippen LogP contribution in [0, 0.1) is 10.1 Å². The number of nitro benzene ring substituents is 1. The van der Waals surface area contributed by atoms with Crippen LogP contribution in [0.1, 0.15) is 0 Å². The molecule has 0 atom stereocenters. The molecule has 18 heavy (non-hydrogen) atoms. The molecule has 0 aliphatic rings. The van der Waals surface area contributed by atoms with E-state index >= 15 is 0 Å². The second-order valence-corrected chi connectivity index (χ2v) is 3.91. The highest BCUT2D eigenvalue weighted by atomic mass is 16.6. The third kappa shape index (κ3) is 1.71. The fraction of sp³-hybridized carbons (Fsp3) is 0. The number of non-ortho nitro benzene ring substituents is 1. The van der Waals surface area contributed by atoms with Gasteiger partial charge in [-0.2, -0.15) is 5.10 Å². The molecule has 0 aliphatic carbocycles. The minimum Gasteiger partial charge on any atom is -0.258 e. The zero-order valence-electron chi connectivity index (χ0n) is 9.35. The van der Waals surface area contributed by atoms with Crippen LogP contribution in [0.15, 0.2) is 54.7 Å². The van der Waals surface area contributed by atoms with E-state index in [0.717, 1.165) is 16.6 Å². The maximum absolute atomic E-state index is 10.6. The summed E-state index contributed by atoms with van der Waals surface area (Å²) in [4.78, 5) is 10.2. The van der Waals surface area contributed by atoms with E-state index in [1.54, 1.807) is 16.8 Å². The topological polar surface area (TPSA) is 61.0 Å². The Morgan fingerprint density at radius 3 is 2.44 bits per heavy atom. The predicted octanol–water partition coefficient (Wildman–Crippen LogP) is 2.93. The van der Waals surface area contributed by atoms with Crippen molar-refractivity contribution in [3.8, 4) is 5.69 Å². The van der Waals surface area contributed by atoms with Gasteiger partial charge in [-0.05, 0) is 18.2 Å². The van der Waals surface area contributed by atoms with E-state index in [1.165, 1.54) is 12.1 Å². The standard InChI is InChI=1S/C13H9N3O2/c17-16(18)12-7-5-11(6-8-12)15-9-10-3-1-2-4-13(10)14-15/h1-9H. The smallest absolute Gasteiger partial charge is 0.258 e. The molecule has 0 spiro atoms. The van der Waals surface area contributed by atoms with E-state index in [-0.39, 0.29) is 5.69 Å². The molecule has 0 N–H and O–H groups in total. The molecule has 1 heterocycles. The zero-order valence-corrected chi connectivity index (χ0v) is 9.35. The van der Waals surface area contributed by atoms with Gasteiger partial charge in [0.05, 0.1) is 16.1 Å². The number of nitrogens with zero attached hydrogens (tertiary/aromatic N) is 3. The molecule has 0 aliphatic heterocycles. The summed E-state index contributed by atoms with van der Waals surface area (Å²) in [6.45, 7) is 0. The summed E-state index contributed by atoms with van der Waals surface area (Å²) in [6, 6.07) is 14.1. The molecule has 3 rings (SSSR count). The van der Waals surface area contributed by atoms with Gasteiger partial charge in [0.15, 0.2) is 0 Å². The average Bonchev–Trinajstić information content (AvgIpc) is 2.82. The molecule has 0 saturated carbocycles. The number of fused-ring (bicyclic) bond motifs is 1. The number of hydrogen-bond acceptors (Lipinski definition) is 3. The Balaban J connectivity index is 2.06. The van der Waals surface area contributed by atoms with Crippen LogP contribution < -0.4 is 0 Å². The summed E-state index contributed by atoms with van der Waals surface area (Å²) in [5.41, 5.74) is 1.78. The maximum atomic E-state index is 10.6. The van der Waals surface area contributed by atoms with Crippen LogP contribution in [0.25, 0.3) is 16.6 Å². The van der Waals surface area contributed by atoms with E-state index in [0.29, 0.717) is 0 Å². The number of nitro groups is 1. The molecule has 0 saturated heterocycles. The molecule has 5 heteroatoms. The lowest BCUT2D eigenvalue weighted by atomic mass is 10.2. The van der Waals surface area contributed by atoms with Gasteiger partial charge in [-0.25, -0.2) is 4.68 Å². The van der Waals surface area contributed by atoms with Crippen molar-refractivity contribution < 1.29 is 4.92 Å². The summed E-state index contributed by atoms with van der Waals surface area (Å²) < 4.78 is 1.72. The molecule has 2 aromatic carbocycles. The molecule has 0 bridgehead atoms. The van der Waals surface area contributed by atoms with Gasteiger partial charge in [0.2, 0.25) is 0 Å². The third-order valence-electron chi connectivity index (χ3n) is 2.74. The molecule has 0 unspecified atom stereocenters. The summed E-state index contributed by atoms with van der Waals surface area (Å²) in [7, 11) is 0. The number of hydrogen-bond donors (Lipinski definition) is 0. The highest BCUT2D eigenvalue weighted by Gasteiger charge is 2.06. The minimum atomic E-state index is -0.413. The molecule has 88 valence electrons. The Labute approximate surface area is 102 Å². The molecule has 5 nitrogen and oxygen atoms in total. The SMILES string of the molecule is O=[N+]([O-])c1ccc(-n2cc3ccccc3n2)cc1. The average molecular weight is 239 g/mol. The number of aromatic nitrogens is 2. The van der Waals surface area contributed by atoms with Gasteiger partial charge in [-0.15, -0.1) is 0 Å². The molecule has 0 radical (unpaired) electrons. The van der Waals surface area contributed by atoms with Crippen molar-refractivity contribution >= 4 is 16.6 Å². The Bertz CT molecular complexity index is 683. The summed E-state index contributed by atoms with van der Waals surface area (Å²) in [5, 5.41) is 16.0. The number of rotatable bonds is 2. The van der Waals surface area contributed by atoms with E-state index in [9.17, 15) is 10.1 Å². The normalized spacial score (nSPS) is 10.7. The van der Waals surface area contributed by atoms with Crippen molar-refractivity contribution in [2.24, 2.45) is 0 Å². The van der Waals surface area contributed by atoms with Gasteiger partial charge in [0.1, 0.15) is 0 Å². The second kappa shape index (κ2) is 3.96. The van der Waals surface area contributed by atoms with Crippen molar-refractivity contribution in [1.29, 1.82) is 0 Å². The lowest BCUT2D eigenvalue weighted by Crippen LogP contribution is -1.94. The van der Waals surface area contributed by atoms with Crippen LogP contribution >= 0.6 is 0 Å². The predicted molar refractivity (Wildman–Crippen MR) is 67.7 cm³/mol. The Hall–Kier alpha value is -2.69. The second-order valence-electron chi connectivity index (χ2n) is 3.91. The minimum absolute atomic E-state index is 0.0791. The van der Waals surface area contributed by atoms with Crippen molar-refractivity contribution in [3.05, 3.63) is 64.8 Å². The van der Waals surface area contributed by atoms with E-state index in [1.807, 2.05) is 30.5 Å². The van der Waals surface area contributed by atoms with Crippen LogP contribution in [0.4, 0.5) is 5.69 Å². The van der Waals surface area contributed by atoms with Gasteiger partial charge >= 0.3 is 0 Å². The third-order valence-corrected chi connectivity index (χ3v) is 2.74. The van der Waals surface area contributed by atoms with Crippen LogP contribution in [0.3, 0.4) is 0 Å². The van der Waals surface area contributed by atoms with Gasteiger partial charge in [-0.3, -0.25) is 10.1 Å². The van der Waals surface area contributed by atoms with Crippen LogP contribution in [-0.4, -0.2) is 14.7 Å². The van der Waals surface area contributed by atoms with Crippen LogP contribution in [-0.2, 0) is 0 Å². The highest BCUT2D eigenvalue weighted by molar-refractivity contribution is 5.78. The quantitative estimate of drug-likeness (QED) is 0.510. The lowest BCUT2D eigenvalue weighted by Gasteiger charge is -1.99. The fourth-order valence-corrected chi connectivity index (χ4v) is 1.82. The molecule has 3 aromatic rings. The van der Waals surface area contributed by atoms with E-state index < -0.39 is 4.92 Å². The monoisotopic (exact) mass is 239 g/mol. The van der Waals surface area contributed by atoms with E-state index in [4.69, 9.17) is 0 Å². The molecule has 0 fully saturated rings.